The summed E-state index contributed by atoms with van der Waals surface area (Å²) in [5, 5.41) is 3.28. The Morgan fingerprint density at radius 3 is 2.60 bits per heavy atom. The van der Waals surface area contributed by atoms with Gasteiger partial charge in [-0.2, -0.15) is 0 Å². The van der Waals surface area contributed by atoms with Crippen molar-refractivity contribution in [2.24, 2.45) is 0 Å². The molecule has 3 N–H and O–H groups in total. The van der Waals surface area contributed by atoms with Crippen LogP contribution in [0.1, 0.15) is 25.3 Å². The Balaban J connectivity index is 2.56. The fourth-order valence-electron chi connectivity index (χ4n) is 1.70. The van der Waals surface area contributed by atoms with Gasteiger partial charge in [-0.15, -0.1) is 0 Å². The fraction of sp³-hybridized carbons (Fsp3) is 0.385. The van der Waals surface area contributed by atoms with E-state index in [1.54, 1.807) is 6.20 Å². The molecular formula is C13H20N2. The molecule has 0 amide bonds. The highest BCUT2D eigenvalue weighted by atomic mass is 14.9. The number of hydrogen-bond acceptors (Lipinski definition) is 2. The minimum atomic E-state index is 0.483. The summed E-state index contributed by atoms with van der Waals surface area (Å²) < 4.78 is 0. The molecule has 0 saturated heterocycles. The monoisotopic (exact) mass is 204 g/mol. The summed E-state index contributed by atoms with van der Waals surface area (Å²) in [5.74, 6) is 0. The second-order valence-corrected chi connectivity index (χ2v) is 3.80. The average Bonchev–Trinajstić information content (AvgIpc) is 2.22. The van der Waals surface area contributed by atoms with Crippen LogP contribution in [0.25, 0.3) is 0 Å². The van der Waals surface area contributed by atoms with Gasteiger partial charge in [0, 0.05) is 11.7 Å². The maximum absolute atomic E-state index is 5.64. The summed E-state index contributed by atoms with van der Waals surface area (Å²) in [5.41, 5.74) is 7.78. The third kappa shape index (κ3) is 4.07. The zero-order chi connectivity index (χ0) is 11.1. The quantitative estimate of drug-likeness (QED) is 0.699. The molecule has 1 atom stereocenters. The zero-order valence-corrected chi connectivity index (χ0v) is 9.37. The lowest BCUT2D eigenvalue weighted by Gasteiger charge is -2.16. The SMILES string of the molecule is C=CNC(CCC)Cc1ccc(N)cc1. The Bertz CT molecular complexity index is 290. The molecule has 0 aromatic heterocycles. The van der Waals surface area contributed by atoms with E-state index >= 15 is 0 Å². The first-order valence-corrected chi connectivity index (χ1v) is 5.47. The van der Waals surface area contributed by atoms with Crippen LogP contribution < -0.4 is 11.1 Å². The van der Waals surface area contributed by atoms with Gasteiger partial charge in [-0.1, -0.05) is 32.1 Å². The summed E-state index contributed by atoms with van der Waals surface area (Å²) in [6.07, 6.45) is 5.15. The molecule has 0 bridgehead atoms. The van der Waals surface area contributed by atoms with Crippen molar-refractivity contribution in [2.75, 3.05) is 5.73 Å². The van der Waals surface area contributed by atoms with Gasteiger partial charge in [-0.25, -0.2) is 0 Å². The van der Waals surface area contributed by atoms with Gasteiger partial charge >= 0.3 is 0 Å². The molecule has 0 saturated carbocycles. The van der Waals surface area contributed by atoms with Crippen LogP contribution in [0.15, 0.2) is 37.0 Å². The van der Waals surface area contributed by atoms with Gasteiger partial charge < -0.3 is 11.1 Å². The second-order valence-electron chi connectivity index (χ2n) is 3.80. The summed E-state index contributed by atoms with van der Waals surface area (Å²) in [7, 11) is 0. The first kappa shape index (κ1) is 11.6. The maximum atomic E-state index is 5.64. The molecule has 1 unspecified atom stereocenters. The number of rotatable bonds is 6. The van der Waals surface area contributed by atoms with Gasteiger partial charge in [0.2, 0.25) is 0 Å². The molecule has 2 heteroatoms. The lowest BCUT2D eigenvalue weighted by atomic mass is 10.0. The Morgan fingerprint density at radius 1 is 1.40 bits per heavy atom. The molecule has 0 spiro atoms. The van der Waals surface area contributed by atoms with Crippen molar-refractivity contribution < 1.29 is 0 Å². The Labute approximate surface area is 92.2 Å². The van der Waals surface area contributed by atoms with Gasteiger partial charge in [0.25, 0.3) is 0 Å². The van der Waals surface area contributed by atoms with Gasteiger partial charge in [0.1, 0.15) is 0 Å². The summed E-state index contributed by atoms with van der Waals surface area (Å²) in [4.78, 5) is 0. The molecule has 1 rings (SSSR count). The van der Waals surface area contributed by atoms with Crippen molar-refractivity contribution in [3.05, 3.63) is 42.6 Å². The molecule has 82 valence electrons. The van der Waals surface area contributed by atoms with Crippen LogP contribution in [-0.2, 0) is 6.42 Å². The predicted molar refractivity (Wildman–Crippen MR) is 66.6 cm³/mol. The summed E-state index contributed by atoms with van der Waals surface area (Å²) in [6, 6.07) is 8.56. The van der Waals surface area contributed by atoms with Crippen LogP contribution in [0.2, 0.25) is 0 Å². The molecule has 0 heterocycles. The topological polar surface area (TPSA) is 38.0 Å². The van der Waals surface area contributed by atoms with Crippen LogP contribution in [0.4, 0.5) is 5.69 Å². The minimum Gasteiger partial charge on any atom is -0.399 e. The third-order valence-corrected chi connectivity index (χ3v) is 2.45. The van der Waals surface area contributed by atoms with Crippen LogP contribution in [0, 0.1) is 0 Å². The van der Waals surface area contributed by atoms with E-state index in [2.05, 4.69) is 31.0 Å². The van der Waals surface area contributed by atoms with Crippen molar-refractivity contribution in [2.45, 2.75) is 32.2 Å². The zero-order valence-electron chi connectivity index (χ0n) is 9.37. The molecule has 2 nitrogen and oxygen atoms in total. The molecular weight excluding hydrogens is 184 g/mol. The van der Waals surface area contributed by atoms with Crippen molar-refractivity contribution in [3.63, 3.8) is 0 Å². The number of nitrogens with two attached hydrogens (primary N) is 1. The molecule has 0 radical (unpaired) electrons. The number of hydrogen-bond donors (Lipinski definition) is 2. The maximum Gasteiger partial charge on any atom is 0.0314 e. The molecule has 15 heavy (non-hydrogen) atoms. The van der Waals surface area contributed by atoms with E-state index < -0.39 is 0 Å². The van der Waals surface area contributed by atoms with Gasteiger partial charge in [0.15, 0.2) is 0 Å². The molecule has 0 aliphatic carbocycles. The van der Waals surface area contributed by atoms with E-state index in [1.807, 2.05) is 12.1 Å². The number of nitrogen functional groups attached to an aromatic ring is 1. The second kappa shape index (κ2) is 6.12. The summed E-state index contributed by atoms with van der Waals surface area (Å²) in [6.45, 7) is 5.90. The number of anilines is 1. The van der Waals surface area contributed by atoms with Crippen molar-refractivity contribution >= 4 is 5.69 Å². The van der Waals surface area contributed by atoms with Crippen LogP contribution in [0.3, 0.4) is 0 Å². The third-order valence-electron chi connectivity index (χ3n) is 2.45. The van der Waals surface area contributed by atoms with Gasteiger partial charge in [-0.3, -0.25) is 0 Å². The van der Waals surface area contributed by atoms with Crippen molar-refractivity contribution in [3.8, 4) is 0 Å². The average molecular weight is 204 g/mol. The largest absolute Gasteiger partial charge is 0.399 e. The van der Waals surface area contributed by atoms with E-state index in [4.69, 9.17) is 5.73 Å². The van der Waals surface area contributed by atoms with E-state index in [0.717, 1.165) is 18.5 Å². The molecule has 0 fully saturated rings. The van der Waals surface area contributed by atoms with E-state index in [9.17, 15) is 0 Å². The Hall–Kier alpha value is -1.44. The molecule has 0 aliphatic heterocycles. The molecule has 1 aromatic rings. The number of benzene rings is 1. The van der Waals surface area contributed by atoms with Crippen molar-refractivity contribution in [1.29, 1.82) is 0 Å². The highest BCUT2D eigenvalue weighted by Gasteiger charge is 2.05. The lowest BCUT2D eigenvalue weighted by Crippen LogP contribution is -2.26. The van der Waals surface area contributed by atoms with Crippen molar-refractivity contribution in [1.82, 2.24) is 5.32 Å². The number of nitrogens with one attached hydrogen (secondary N) is 1. The first-order valence-electron chi connectivity index (χ1n) is 5.47. The Kier molecular flexibility index (Phi) is 4.75. The van der Waals surface area contributed by atoms with Gasteiger partial charge in [-0.05, 0) is 36.7 Å². The lowest BCUT2D eigenvalue weighted by molar-refractivity contribution is 0.533. The Morgan fingerprint density at radius 2 is 2.07 bits per heavy atom. The first-order chi connectivity index (χ1) is 7.26. The molecule has 0 aliphatic rings. The fourth-order valence-corrected chi connectivity index (χ4v) is 1.70. The highest BCUT2D eigenvalue weighted by molar-refractivity contribution is 5.39. The minimum absolute atomic E-state index is 0.483. The smallest absolute Gasteiger partial charge is 0.0314 e. The normalized spacial score (nSPS) is 12.1. The predicted octanol–water partition coefficient (Wildman–Crippen LogP) is 2.71. The molecule has 1 aromatic carbocycles. The van der Waals surface area contributed by atoms with E-state index in [0.29, 0.717) is 6.04 Å². The van der Waals surface area contributed by atoms with Gasteiger partial charge in [0.05, 0.1) is 0 Å². The van der Waals surface area contributed by atoms with E-state index in [-0.39, 0.29) is 0 Å². The summed E-state index contributed by atoms with van der Waals surface area (Å²) >= 11 is 0. The van der Waals surface area contributed by atoms with Crippen LogP contribution >= 0.6 is 0 Å². The van der Waals surface area contributed by atoms with Crippen LogP contribution in [-0.4, -0.2) is 6.04 Å². The highest BCUT2D eigenvalue weighted by Crippen LogP contribution is 2.10. The standard InChI is InChI=1S/C13H20N2/c1-3-5-13(15-4-2)10-11-6-8-12(14)9-7-11/h4,6-9,13,15H,2-3,5,10,14H2,1H3. The van der Waals surface area contributed by atoms with Crippen LogP contribution in [0.5, 0.6) is 0 Å². The van der Waals surface area contributed by atoms with E-state index in [1.165, 1.54) is 12.0 Å².